The summed E-state index contributed by atoms with van der Waals surface area (Å²) in [5.74, 6) is -3.82. The van der Waals surface area contributed by atoms with Gasteiger partial charge in [0.15, 0.2) is 0 Å². The third-order valence-corrected chi connectivity index (χ3v) is 4.27. The van der Waals surface area contributed by atoms with E-state index in [1.54, 1.807) is 11.4 Å². The van der Waals surface area contributed by atoms with Crippen LogP contribution in [0.25, 0.3) is 0 Å². The molecule has 0 saturated carbocycles. The Balaban J connectivity index is 2.02. The molecule has 0 aromatic heterocycles. The highest BCUT2D eigenvalue weighted by Crippen LogP contribution is 2.30. The van der Waals surface area contributed by atoms with Gasteiger partial charge in [-0.3, -0.25) is 10.1 Å². The van der Waals surface area contributed by atoms with E-state index in [1.165, 1.54) is 18.2 Å². The number of carbonyl (C=O) groups excluding carboxylic acids is 2. The summed E-state index contributed by atoms with van der Waals surface area (Å²) in [4.78, 5) is 24.1. The molecule has 0 radical (unpaired) electrons. The molecule has 0 unspecified atom stereocenters. The molecule has 10 heteroatoms. The summed E-state index contributed by atoms with van der Waals surface area (Å²) < 4.78 is 63.8. The van der Waals surface area contributed by atoms with E-state index in [-0.39, 0.29) is 11.4 Å². The van der Waals surface area contributed by atoms with E-state index in [0.29, 0.717) is 4.90 Å². The monoisotopic (exact) mass is 404 g/mol. The van der Waals surface area contributed by atoms with Gasteiger partial charge in [0.05, 0.1) is 12.1 Å². The lowest BCUT2D eigenvalue weighted by molar-refractivity contribution is -0.129. The molecule has 0 bridgehead atoms. The van der Waals surface area contributed by atoms with Gasteiger partial charge >= 0.3 is 12.2 Å². The molecule has 0 aliphatic rings. The van der Waals surface area contributed by atoms with Crippen LogP contribution >= 0.6 is 11.8 Å². The fraction of sp³-hybridized carbons (Fsp3) is 0.176. The van der Waals surface area contributed by atoms with Crippen molar-refractivity contribution in [2.45, 2.75) is 17.5 Å². The number of halogens is 5. The van der Waals surface area contributed by atoms with Gasteiger partial charge in [-0.05, 0) is 24.3 Å². The Bertz CT molecular complexity index is 822. The minimum absolute atomic E-state index is 0.156. The first kappa shape index (κ1) is 20.7. The molecule has 0 spiro atoms. The molecule has 2 rings (SSSR count). The predicted molar refractivity (Wildman–Crippen MR) is 90.7 cm³/mol. The van der Waals surface area contributed by atoms with Crippen LogP contribution in [-0.4, -0.2) is 23.9 Å². The van der Waals surface area contributed by atoms with Crippen molar-refractivity contribution < 1.29 is 31.5 Å². The number of para-hydroxylation sites is 1. The first-order valence-corrected chi connectivity index (χ1v) is 8.51. The van der Waals surface area contributed by atoms with Crippen LogP contribution in [0.1, 0.15) is 16.8 Å². The van der Waals surface area contributed by atoms with E-state index in [0.717, 1.165) is 30.0 Å². The third kappa shape index (κ3) is 6.24. The van der Waals surface area contributed by atoms with Gasteiger partial charge in [0, 0.05) is 10.6 Å². The molecule has 2 N–H and O–H groups in total. The summed E-state index contributed by atoms with van der Waals surface area (Å²) in [6.45, 7) is 0. The second-order valence-corrected chi connectivity index (χ2v) is 6.35. The van der Waals surface area contributed by atoms with Crippen LogP contribution in [0.2, 0.25) is 0 Å². The SMILES string of the molecule is O=C(NC(=O)c1c(F)cccc1F)Nc1ccccc1SCCC(F)(F)F. The Labute approximate surface area is 155 Å². The predicted octanol–water partition coefficient (Wildman–Crippen LogP) is 4.97. The summed E-state index contributed by atoms with van der Waals surface area (Å²) in [5, 5.41) is 4.06. The maximum Gasteiger partial charge on any atom is 0.389 e. The van der Waals surface area contributed by atoms with Gasteiger partial charge < -0.3 is 5.32 Å². The Kier molecular flexibility index (Phi) is 6.78. The Morgan fingerprint density at radius 1 is 0.963 bits per heavy atom. The van der Waals surface area contributed by atoms with Gasteiger partial charge in [-0.1, -0.05) is 18.2 Å². The van der Waals surface area contributed by atoms with Crippen molar-refractivity contribution in [3.05, 3.63) is 59.7 Å². The Morgan fingerprint density at radius 2 is 1.59 bits per heavy atom. The molecule has 2 aromatic rings. The molecular formula is C17H13F5N2O2S. The van der Waals surface area contributed by atoms with Crippen molar-refractivity contribution in [1.82, 2.24) is 5.32 Å². The van der Waals surface area contributed by atoms with E-state index < -0.39 is 41.7 Å². The fourth-order valence-corrected chi connectivity index (χ4v) is 3.01. The molecule has 2 aromatic carbocycles. The summed E-state index contributed by atoms with van der Waals surface area (Å²) in [7, 11) is 0. The minimum Gasteiger partial charge on any atom is -0.307 e. The first-order valence-electron chi connectivity index (χ1n) is 7.52. The Hall–Kier alpha value is -2.62. The van der Waals surface area contributed by atoms with Crippen LogP contribution in [0.3, 0.4) is 0 Å². The van der Waals surface area contributed by atoms with Crippen LogP contribution in [0.4, 0.5) is 32.4 Å². The lowest BCUT2D eigenvalue weighted by Gasteiger charge is -2.12. The third-order valence-electron chi connectivity index (χ3n) is 3.20. The molecular weight excluding hydrogens is 391 g/mol. The standard InChI is InChI=1S/C17H13F5N2O2S/c18-10-4-3-5-11(19)14(10)15(25)24-16(26)23-12-6-1-2-7-13(12)27-9-8-17(20,21)22/h1-7H,8-9H2,(H2,23,24,25,26). The van der Waals surface area contributed by atoms with E-state index >= 15 is 0 Å². The number of amides is 3. The highest BCUT2D eigenvalue weighted by Gasteiger charge is 2.26. The van der Waals surface area contributed by atoms with Crippen molar-refractivity contribution in [1.29, 1.82) is 0 Å². The quantitative estimate of drug-likeness (QED) is 0.546. The van der Waals surface area contributed by atoms with E-state index in [1.807, 2.05) is 0 Å². The van der Waals surface area contributed by atoms with Gasteiger partial charge in [-0.15, -0.1) is 11.8 Å². The van der Waals surface area contributed by atoms with Crippen molar-refractivity contribution >= 4 is 29.4 Å². The molecule has 0 heterocycles. The number of anilines is 1. The topological polar surface area (TPSA) is 58.2 Å². The molecule has 0 saturated heterocycles. The molecule has 4 nitrogen and oxygen atoms in total. The molecule has 0 atom stereocenters. The summed E-state index contributed by atoms with van der Waals surface area (Å²) in [6, 6.07) is 7.73. The van der Waals surface area contributed by atoms with E-state index in [4.69, 9.17) is 0 Å². The Morgan fingerprint density at radius 3 is 2.22 bits per heavy atom. The number of rotatable bonds is 5. The molecule has 0 aliphatic carbocycles. The van der Waals surface area contributed by atoms with Crippen LogP contribution in [0, 0.1) is 11.6 Å². The number of hydrogen-bond donors (Lipinski definition) is 2. The number of carbonyl (C=O) groups is 2. The zero-order chi connectivity index (χ0) is 20.0. The number of nitrogens with one attached hydrogen (secondary N) is 2. The maximum atomic E-state index is 13.6. The van der Waals surface area contributed by atoms with Crippen LogP contribution in [0.15, 0.2) is 47.4 Å². The van der Waals surface area contributed by atoms with Crippen LogP contribution < -0.4 is 10.6 Å². The normalized spacial score (nSPS) is 11.1. The highest BCUT2D eigenvalue weighted by atomic mass is 32.2. The minimum atomic E-state index is -4.30. The number of urea groups is 1. The number of imide groups is 1. The molecule has 0 aliphatic heterocycles. The van der Waals surface area contributed by atoms with Gasteiger partial charge in [0.1, 0.15) is 17.2 Å². The average Bonchev–Trinajstić information content (AvgIpc) is 2.55. The first-order chi connectivity index (χ1) is 12.7. The molecule has 3 amide bonds. The van der Waals surface area contributed by atoms with E-state index in [2.05, 4.69) is 5.32 Å². The van der Waals surface area contributed by atoms with E-state index in [9.17, 15) is 31.5 Å². The highest BCUT2D eigenvalue weighted by molar-refractivity contribution is 7.99. The van der Waals surface area contributed by atoms with Gasteiger partial charge in [-0.2, -0.15) is 13.2 Å². The fourth-order valence-electron chi connectivity index (χ4n) is 2.01. The zero-order valence-corrected chi connectivity index (χ0v) is 14.4. The van der Waals surface area contributed by atoms with Gasteiger partial charge in [0.25, 0.3) is 5.91 Å². The molecule has 27 heavy (non-hydrogen) atoms. The number of thioether (sulfide) groups is 1. The van der Waals surface area contributed by atoms with Crippen molar-refractivity contribution in [2.75, 3.05) is 11.1 Å². The lowest BCUT2D eigenvalue weighted by atomic mass is 10.2. The number of alkyl halides is 3. The summed E-state index contributed by atoms with van der Waals surface area (Å²) in [6.07, 6.45) is -5.31. The molecule has 0 fully saturated rings. The number of hydrogen-bond acceptors (Lipinski definition) is 3. The van der Waals surface area contributed by atoms with Crippen LogP contribution in [-0.2, 0) is 0 Å². The number of benzene rings is 2. The largest absolute Gasteiger partial charge is 0.389 e. The van der Waals surface area contributed by atoms with Crippen molar-refractivity contribution in [3.63, 3.8) is 0 Å². The van der Waals surface area contributed by atoms with Gasteiger partial charge in [0.2, 0.25) is 0 Å². The molecule has 144 valence electrons. The zero-order valence-electron chi connectivity index (χ0n) is 13.6. The van der Waals surface area contributed by atoms with Crippen molar-refractivity contribution in [3.8, 4) is 0 Å². The average molecular weight is 404 g/mol. The summed E-state index contributed by atoms with van der Waals surface area (Å²) in [5.41, 5.74) is -0.760. The van der Waals surface area contributed by atoms with Crippen LogP contribution in [0.5, 0.6) is 0 Å². The summed E-state index contributed by atoms with van der Waals surface area (Å²) >= 11 is 0.869. The second kappa shape index (κ2) is 8.85. The maximum absolute atomic E-state index is 13.6. The smallest absolute Gasteiger partial charge is 0.307 e. The lowest BCUT2D eigenvalue weighted by Crippen LogP contribution is -2.35. The van der Waals surface area contributed by atoms with Crippen molar-refractivity contribution in [2.24, 2.45) is 0 Å². The van der Waals surface area contributed by atoms with Gasteiger partial charge in [-0.25, -0.2) is 13.6 Å². The second-order valence-electron chi connectivity index (χ2n) is 5.21.